The van der Waals surface area contributed by atoms with Crippen molar-refractivity contribution in [3.8, 4) is 34.3 Å². The predicted molar refractivity (Wildman–Crippen MR) is 125 cm³/mol. The maximum absolute atomic E-state index is 10.3. The highest BCUT2D eigenvalue weighted by Gasteiger charge is 2.16. The van der Waals surface area contributed by atoms with Gasteiger partial charge in [-0.3, -0.25) is 0 Å². The van der Waals surface area contributed by atoms with Gasteiger partial charge in [0.05, 0.1) is 18.4 Å². The van der Waals surface area contributed by atoms with Gasteiger partial charge < -0.3 is 9.84 Å². The van der Waals surface area contributed by atoms with Crippen LogP contribution < -0.4 is 4.74 Å². The highest BCUT2D eigenvalue weighted by atomic mass is 16.5. The van der Waals surface area contributed by atoms with E-state index in [2.05, 4.69) is 59.6 Å². The van der Waals surface area contributed by atoms with E-state index in [1.54, 1.807) is 25.3 Å². The molecule has 0 radical (unpaired) electrons. The van der Waals surface area contributed by atoms with Crippen LogP contribution in [0.4, 0.5) is 0 Å². The standard InChI is InChI=1S/C27H18N2O2/c1-31-24-15-22(28-27(29-24)21-7-2-3-8-23(21)30)19-13-11-18-10-9-16-5-4-6-17-12-14-20(19)26(18)25(16)17/h2-15,30H,1H3. The van der Waals surface area contributed by atoms with Gasteiger partial charge in [0.15, 0.2) is 5.82 Å². The van der Waals surface area contributed by atoms with E-state index in [1.165, 1.54) is 26.9 Å². The second-order valence-electron chi connectivity index (χ2n) is 7.61. The molecule has 0 aliphatic rings. The van der Waals surface area contributed by atoms with Gasteiger partial charge >= 0.3 is 0 Å². The van der Waals surface area contributed by atoms with Crippen molar-refractivity contribution < 1.29 is 9.84 Å². The van der Waals surface area contributed by atoms with Crippen molar-refractivity contribution in [1.82, 2.24) is 9.97 Å². The molecule has 148 valence electrons. The Kier molecular flexibility index (Phi) is 3.80. The largest absolute Gasteiger partial charge is 0.507 e. The number of para-hydroxylation sites is 1. The smallest absolute Gasteiger partial charge is 0.217 e. The average Bonchev–Trinajstić information content (AvgIpc) is 2.82. The number of nitrogens with zero attached hydrogens (tertiary/aromatic N) is 2. The molecule has 1 aromatic heterocycles. The molecule has 0 bridgehead atoms. The summed E-state index contributed by atoms with van der Waals surface area (Å²) >= 11 is 0. The van der Waals surface area contributed by atoms with Crippen molar-refractivity contribution in [3.05, 3.63) is 84.9 Å². The molecule has 5 aromatic carbocycles. The number of ether oxygens (including phenoxy) is 1. The Morgan fingerprint density at radius 2 is 1.39 bits per heavy atom. The Labute approximate surface area is 178 Å². The molecule has 0 aliphatic carbocycles. The van der Waals surface area contributed by atoms with Crippen LogP contribution in [-0.2, 0) is 0 Å². The van der Waals surface area contributed by atoms with Crippen LogP contribution in [0.1, 0.15) is 0 Å². The van der Waals surface area contributed by atoms with Gasteiger partial charge in [0.2, 0.25) is 5.88 Å². The summed E-state index contributed by atoms with van der Waals surface area (Å²) in [7, 11) is 1.59. The van der Waals surface area contributed by atoms with E-state index < -0.39 is 0 Å². The second-order valence-corrected chi connectivity index (χ2v) is 7.61. The molecule has 1 heterocycles. The molecular formula is C27H18N2O2. The van der Waals surface area contributed by atoms with Crippen molar-refractivity contribution in [3.63, 3.8) is 0 Å². The number of phenolic OH excluding ortho intramolecular Hbond substituents is 1. The summed E-state index contributed by atoms with van der Waals surface area (Å²) in [5, 5.41) is 17.6. The average molecular weight is 402 g/mol. The van der Waals surface area contributed by atoms with E-state index in [0.717, 1.165) is 16.6 Å². The lowest BCUT2D eigenvalue weighted by Gasteiger charge is -2.14. The van der Waals surface area contributed by atoms with Gasteiger partial charge in [0.1, 0.15) is 5.75 Å². The van der Waals surface area contributed by atoms with Gasteiger partial charge in [-0.1, -0.05) is 66.7 Å². The van der Waals surface area contributed by atoms with E-state index in [9.17, 15) is 5.11 Å². The first-order valence-electron chi connectivity index (χ1n) is 10.1. The third-order valence-electron chi connectivity index (χ3n) is 5.86. The van der Waals surface area contributed by atoms with Crippen LogP contribution in [0.5, 0.6) is 11.6 Å². The van der Waals surface area contributed by atoms with Crippen molar-refractivity contribution in [2.45, 2.75) is 0 Å². The lowest BCUT2D eigenvalue weighted by Crippen LogP contribution is -1.97. The molecule has 4 nitrogen and oxygen atoms in total. The SMILES string of the molecule is COc1cc(-c2ccc3ccc4cccc5ccc2c3c45)nc(-c2ccccc2O)n1. The molecule has 1 N–H and O–H groups in total. The predicted octanol–water partition coefficient (Wildman–Crippen LogP) is 6.42. The van der Waals surface area contributed by atoms with E-state index in [0.29, 0.717) is 17.3 Å². The molecular weight excluding hydrogens is 384 g/mol. The molecule has 0 fully saturated rings. The molecule has 0 saturated carbocycles. The summed E-state index contributed by atoms with van der Waals surface area (Å²) in [6.07, 6.45) is 0. The molecule has 31 heavy (non-hydrogen) atoms. The zero-order valence-electron chi connectivity index (χ0n) is 16.8. The molecule has 0 atom stereocenters. The maximum atomic E-state index is 10.3. The number of methoxy groups -OCH3 is 1. The van der Waals surface area contributed by atoms with E-state index in [4.69, 9.17) is 9.72 Å². The number of benzene rings is 5. The Hall–Kier alpha value is -4.18. The summed E-state index contributed by atoms with van der Waals surface area (Å²) < 4.78 is 5.47. The summed E-state index contributed by atoms with van der Waals surface area (Å²) in [6, 6.07) is 28.2. The highest BCUT2D eigenvalue weighted by Crippen LogP contribution is 2.39. The summed E-state index contributed by atoms with van der Waals surface area (Å²) in [4.78, 5) is 9.29. The maximum Gasteiger partial charge on any atom is 0.217 e. The minimum atomic E-state index is 0.136. The molecule has 6 rings (SSSR count). The first-order valence-corrected chi connectivity index (χ1v) is 10.1. The first kappa shape index (κ1) is 17.7. The number of rotatable bonds is 3. The number of hydrogen-bond acceptors (Lipinski definition) is 4. The zero-order chi connectivity index (χ0) is 20.9. The van der Waals surface area contributed by atoms with Gasteiger partial charge in [-0.15, -0.1) is 0 Å². The number of aromatic hydroxyl groups is 1. The monoisotopic (exact) mass is 402 g/mol. The topological polar surface area (TPSA) is 55.2 Å². The fraction of sp³-hybridized carbons (Fsp3) is 0.0370. The number of hydrogen-bond donors (Lipinski definition) is 1. The minimum Gasteiger partial charge on any atom is -0.507 e. The van der Waals surface area contributed by atoms with E-state index in [-0.39, 0.29) is 5.75 Å². The van der Waals surface area contributed by atoms with Gasteiger partial charge in [-0.2, -0.15) is 4.98 Å². The normalized spacial score (nSPS) is 11.5. The van der Waals surface area contributed by atoms with Crippen LogP contribution >= 0.6 is 0 Å². The van der Waals surface area contributed by atoms with Gasteiger partial charge in [0, 0.05) is 11.6 Å². The van der Waals surface area contributed by atoms with Gasteiger partial charge in [0.25, 0.3) is 0 Å². The summed E-state index contributed by atoms with van der Waals surface area (Å²) in [5.41, 5.74) is 2.33. The zero-order valence-corrected chi connectivity index (χ0v) is 16.8. The molecule has 6 aromatic rings. The molecule has 0 aliphatic heterocycles. The van der Waals surface area contributed by atoms with E-state index in [1.807, 2.05) is 12.1 Å². The first-order chi connectivity index (χ1) is 15.2. The Morgan fingerprint density at radius 1 is 0.677 bits per heavy atom. The van der Waals surface area contributed by atoms with Crippen molar-refractivity contribution in [2.75, 3.05) is 7.11 Å². The van der Waals surface area contributed by atoms with Crippen LogP contribution in [0, 0.1) is 0 Å². The lowest BCUT2D eigenvalue weighted by molar-refractivity contribution is 0.397. The van der Waals surface area contributed by atoms with Crippen LogP contribution in [0.25, 0.3) is 55.0 Å². The van der Waals surface area contributed by atoms with Crippen LogP contribution in [-0.4, -0.2) is 22.2 Å². The molecule has 4 heteroatoms. The van der Waals surface area contributed by atoms with Crippen LogP contribution in [0.15, 0.2) is 84.9 Å². The Bertz CT molecular complexity index is 1570. The number of phenols is 1. The molecule has 0 spiro atoms. The fourth-order valence-corrected chi connectivity index (χ4v) is 4.41. The molecule has 0 unspecified atom stereocenters. The molecule has 0 saturated heterocycles. The highest BCUT2D eigenvalue weighted by molar-refractivity contribution is 6.25. The third kappa shape index (κ3) is 2.69. The van der Waals surface area contributed by atoms with Crippen LogP contribution in [0.3, 0.4) is 0 Å². The third-order valence-corrected chi connectivity index (χ3v) is 5.86. The molecule has 0 amide bonds. The minimum absolute atomic E-state index is 0.136. The van der Waals surface area contributed by atoms with Crippen molar-refractivity contribution in [1.29, 1.82) is 0 Å². The quantitative estimate of drug-likeness (QED) is 0.347. The Morgan fingerprint density at radius 3 is 2.16 bits per heavy atom. The lowest BCUT2D eigenvalue weighted by atomic mass is 9.91. The van der Waals surface area contributed by atoms with Gasteiger partial charge in [-0.05, 0) is 44.5 Å². The Balaban J connectivity index is 1.67. The fourth-order valence-electron chi connectivity index (χ4n) is 4.41. The summed E-state index contributed by atoms with van der Waals surface area (Å²) in [6.45, 7) is 0. The second kappa shape index (κ2) is 6.67. The number of aromatic nitrogens is 2. The van der Waals surface area contributed by atoms with Crippen molar-refractivity contribution in [2.24, 2.45) is 0 Å². The van der Waals surface area contributed by atoms with Gasteiger partial charge in [-0.25, -0.2) is 4.98 Å². The van der Waals surface area contributed by atoms with E-state index >= 15 is 0 Å². The summed E-state index contributed by atoms with van der Waals surface area (Å²) in [5.74, 6) is 1.02. The van der Waals surface area contributed by atoms with Crippen molar-refractivity contribution >= 4 is 32.3 Å². The van der Waals surface area contributed by atoms with Crippen LogP contribution in [0.2, 0.25) is 0 Å².